The third kappa shape index (κ3) is 1.38. The van der Waals surface area contributed by atoms with Crippen LogP contribution < -0.4 is 5.63 Å². The number of hydrogen-bond acceptors (Lipinski definition) is 3. The SMILES string of the molecule is Cc1noc(=O)cc1Br. The molecule has 1 rings (SSSR count). The standard InChI is InChI=1S/C5H4BrNO2/c1-3-4(6)2-5(8)9-7-3/h2H,1H3. The highest BCUT2D eigenvalue weighted by atomic mass is 79.9. The topological polar surface area (TPSA) is 43.1 Å². The van der Waals surface area contributed by atoms with E-state index in [9.17, 15) is 4.79 Å². The third-order valence-corrected chi connectivity index (χ3v) is 1.67. The van der Waals surface area contributed by atoms with Crippen molar-refractivity contribution < 1.29 is 4.52 Å². The minimum atomic E-state index is -0.438. The quantitative estimate of drug-likeness (QED) is 0.615. The van der Waals surface area contributed by atoms with E-state index in [1.165, 1.54) is 6.07 Å². The number of aromatic nitrogens is 1. The Balaban J connectivity index is 3.34. The smallest absolute Gasteiger partial charge is 0.313 e. The van der Waals surface area contributed by atoms with Crippen molar-refractivity contribution in [1.29, 1.82) is 0 Å². The van der Waals surface area contributed by atoms with Crippen LogP contribution in [-0.2, 0) is 0 Å². The summed E-state index contributed by atoms with van der Waals surface area (Å²) in [6.45, 7) is 1.74. The predicted molar refractivity (Wildman–Crippen MR) is 35.2 cm³/mol. The average Bonchev–Trinajstić information content (AvgIpc) is 1.80. The normalized spacial score (nSPS) is 9.56. The molecule has 0 atom stereocenters. The van der Waals surface area contributed by atoms with Gasteiger partial charge in [0, 0.05) is 10.5 Å². The summed E-state index contributed by atoms with van der Waals surface area (Å²) in [6.07, 6.45) is 0. The van der Waals surface area contributed by atoms with Crippen molar-refractivity contribution in [2.45, 2.75) is 6.92 Å². The molecule has 0 unspecified atom stereocenters. The van der Waals surface area contributed by atoms with E-state index < -0.39 is 5.63 Å². The zero-order chi connectivity index (χ0) is 6.85. The van der Waals surface area contributed by atoms with Gasteiger partial charge in [0.15, 0.2) is 0 Å². The molecular weight excluding hydrogens is 186 g/mol. The summed E-state index contributed by atoms with van der Waals surface area (Å²) in [7, 11) is 0. The summed E-state index contributed by atoms with van der Waals surface area (Å²) < 4.78 is 4.98. The van der Waals surface area contributed by atoms with Crippen LogP contribution in [0.2, 0.25) is 0 Å². The van der Waals surface area contributed by atoms with E-state index in [1.807, 2.05) is 0 Å². The first-order valence-electron chi connectivity index (χ1n) is 2.33. The van der Waals surface area contributed by atoms with E-state index in [1.54, 1.807) is 6.92 Å². The number of hydrogen-bond donors (Lipinski definition) is 0. The fraction of sp³-hybridized carbons (Fsp3) is 0.200. The molecule has 3 nitrogen and oxygen atoms in total. The molecule has 0 saturated heterocycles. The van der Waals surface area contributed by atoms with Crippen LogP contribution in [0.1, 0.15) is 5.69 Å². The van der Waals surface area contributed by atoms with Crippen LogP contribution in [0.3, 0.4) is 0 Å². The maximum Gasteiger partial charge on any atom is 0.359 e. The largest absolute Gasteiger partial charge is 0.359 e. The summed E-state index contributed by atoms with van der Waals surface area (Å²) in [5.74, 6) is 0. The van der Waals surface area contributed by atoms with Crippen molar-refractivity contribution in [3.05, 3.63) is 26.7 Å². The average molecular weight is 190 g/mol. The molecule has 0 bridgehead atoms. The van der Waals surface area contributed by atoms with E-state index in [0.717, 1.165) is 0 Å². The van der Waals surface area contributed by atoms with Crippen molar-refractivity contribution in [3.63, 3.8) is 0 Å². The summed E-state index contributed by atoms with van der Waals surface area (Å²) >= 11 is 3.12. The van der Waals surface area contributed by atoms with Gasteiger partial charge in [0.2, 0.25) is 0 Å². The van der Waals surface area contributed by atoms with Gasteiger partial charge in [0.25, 0.3) is 0 Å². The fourth-order valence-electron chi connectivity index (χ4n) is 0.391. The van der Waals surface area contributed by atoms with Crippen LogP contribution in [0.25, 0.3) is 0 Å². The first-order chi connectivity index (χ1) is 4.20. The van der Waals surface area contributed by atoms with E-state index in [0.29, 0.717) is 10.2 Å². The van der Waals surface area contributed by atoms with Gasteiger partial charge >= 0.3 is 5.63 Å². The van der Waals surface area contributed by atoms with Gasteiger partial charge in [-0.1, -0.05) is 5.16 Å². The van der Waals surface area contributed by atoms with Gasteiger partial charge in [-0.2, -0.15) is 0 Å². The lowest BCUT2D eigenvalue weighted by molar-refractivity contribution is 0.361. The molecule has 1 aromatic rings. The van der Waals surface area contributed by atoms with Gasteiger partial charge in [-0.25, -0.2) is 4.79 Å². The van der Waals surface area contributed by atoms with Gasteiger partial charge < -0.3 is 4.52 Å². The summed E-state index contributed by atoms with van der Waals surface area (Å²) in [5, 5.41) is 3.44. The van der Waals surface area contributed by atoms with Gasteiger partial charge in [0.05, 0.1) is 5.69 Å². The number of rotatable bonds is 0. The highest BCUT2D eigenvalue weighted by Crippen LogP contribution is 2.08. The van der Waals surface area contributed by atoms with Crippen molar-refractivity contribution in [3.8, 4) is 0 Å². The molecule has 0 radical (unpaired) electrons. The second kappa shape index (κ2) is 2.31. The molecule has 4 heteroatoms. The first-order valence-corrected chi connectivity index (χ1v) is 3.12. The molecule has 48 valence electrons. The minimum Gasteiger partial charge on any atom is -0.313 e. The maximum absolute atomic E-state index is 10.4. The third-order valence-electron chi connectivity index (χ3n) is 0.863. The second-order valence-electron chi connectivity index (χ2n) is 1.58. The predicted octanol–water partition coefficient (Wildman–Crippen LogP) is 1.11. The van der Waals surface area contributed by atoms with E-state index in [-0.39, 0.29) is 0 Å². The van der Waals surface area contributed by atoms with Crippen LogP contribution in [0, 0.1) is 6.92 Å². The van der Waals surface area contributed by atoms with Crippen LogP contribution in [0.15, 0.2) is 19.9 Å². The number of aryl methyl sites for hydroxylation is 1. The molecule has 1 aromatic heterocycles. The lowest BCUT2D eigenvalue weighted by Crippen LogP contribution is -1.98. The number of nitrogens with zero attached hydrogens (tertiary/aromatic N) is 1. The summed E-state index contributed by atoms with van der Waals surface area (Å²) in [5.41, 5.74) is 0.238. The number of halogens is 1. The minimum absolute atomic E-state index is 0.438. The summed E-state index contributed by atoms with van der Waals surface area (Å²) in [4.78, 5) is 10.4. The Morgan fingerprint density at radius 3 is 2.89 bits per heavy atom. The molecule has 0 amide bonds. The lowest BCUT2D eigenvalue weighted by Gasteiger charge is -1.88. The van der Waals surface area contributed by atoms with E-state index >= 15 is 0 Å². The van der Waals surface area contributed by atoms with Gasteiger partial charge in [-0.3, -0.25) is 0 Å². The first kappa shape index (κ1) is 6.48. The van der Waals surface area contributed by atoms with E-state index in [2.05, 4.69) is 25.6 Å². The molecule has 0 aliphatic carbocycles. The van der Waals surface area contributed by atoms with Crippen LogP contribution >= 0.6 is 15.9 Å². The zero-order valence-electron chi connectivity index (χ0n) is 4.72. The lowest BCUT2D eigenvalue weighted by atomic mass is 10.4. The van der Waals surface area contributed by atoms with Crippen molar-refractivity contribution in [1.82, 2.24) is 5.16 Å². The Labute approximate surface area is 59.8 Å². The Kier molecular flexibility index (Phi) is 1.66. The molecule has 0 N–H and O–H groups in total. The van der Waals surface area contributed by atoms with Crippen LogP contribution in [0.5, 0.6) is 0 Å². The molecule has 9 heavy (non-hydrogen) atoms. The van der Waals surface area contributed by atoms with Crippen molar-refractivity contribution in [2.24, 2.45) is 0 Å². The summed E-state index contributed by atoms with van der Waals surface area (Å²) in [6, 6.07) is 1.34. The highest BCUT2D eigenvalue weighted by Gasteiger charge is 1.95. The Morgan fingerprint density at radius 2 is 2.44 bits per heavy atom. The Hall–Kier alpha value is -0.640. The zero-order valence-corrected chi connectivity index (χ0v) is 6.31. The maximum atomic E-state index is 10.4. The molecule has 0 aliphatic heterocycles. The van der Waals surface area contributed by atoms with Crippen LogP contribution in [-0.4, -0.2) is 5.16 Å². The molecule has 0 fully saturated rings. The Morgan fingerprint density at radius 1 is 1.78 bits per heavy atom. The van der Waals surface area contributed by atoms with E-state index in [4.69, 9.17) is 0 Å². The van der Waals surface area contributed by atoms with Crippen LogP contribution in [0.4, 0.5) is 0 Å². The molecule has 0 saturated carbocycles. The Bertz CT molecular complexity index is 268. The highest BCUT2D eigenvalue weighted by molar-refractivity contribution is 9.10. The van der Waals surface area contributed by atoms with Crippen molar-refractivity contribution >= 4 is 15.9 Å². The molecule has 1 heterocycles. The monoisotopic (exact) mass is 189 g/mol. The molecule has 0 aromatic carbocycles. The molecule has 0 spiro atoms. The van der Waals surface area contributed by atoms with Gasteiger partial charge in [0.1, 0.15) is 0 Å². The second-order valence-corrected chi connectivity index (χ2v) is 2.43. The molecular formula is C5H4BrNO2. The molecule has 0 aliphatic rings. The fourth-order valence-corrected chi connectivity index (χ4v) is 0.651. The van der Waals surface area contributed by atoms with Gasteiger partial charge in [-0.15, -0.1) is 0 Å². The van der Waals surface area contributed by atoms with Crippen molar-refractivity contribution in [2.75, 3.05) is 0 Å². The van der Waals surface area contributed by atoms with Gasteiger partial charge in [-0.05, 0) is 22.9 Å².